The van der Waals surface area contributed by atoms with Crippen molar-refractivity contribution in [2.75, 3.05) is 12.4 Å². The van der Waals surface area contributed by atoms with Crippen LogP contribution < -0.4 is 14.8 Å². The van der Waals surface area contributed by atoms with Crippen LogP contribution in [0, 0.1) is 21.4 Å². The molecule has 0 fully saturated rings. The molecule has 0 aromatic heterocycles. The quantitative estimate of drug-likeness (QED) is 0.175. The number of anilines is 1. The zero-order chi connectivity index (χ0) is 24.7. The van der Waals surface area contributed by atoms with E-state index in [0.29, 0.717) is 22.1 Å². The Kier molecular flexibility index (Phi) is 8.09. The lowest BCUT2D eigenvalue weighted by molar-refractivity contribution is -0.384. The fourth-order valence-corrected chi connectivity index (χ4v) is 3.16. The predicted molar refractivity (Wildman–Crippen MR) is 129 cm³/mol. The van der Waals surface area contributed by atoms with Crippen molar-refractivity contribution in [2.45, 2.75) is 6.61 Å². The van der Waals surface area contributed by atoms with Gasteiger partial charge in [0.25, 0.3) is 11.6 Å². The average Bonchev–Trinajstić information content (AvgIpc) is 2.83. The van der Waals surface area contributed by atoms with E-state index in [9.17, 15) is 20.2 Å². The van der Waals surface area contributed by atoms with Crippen LogP contribution in [0.15, 0.2) is 66.2 Å². The fraction of sp³-hybridized carbons (Fsp3) is 0.0833. The number of nitro groups is 1. The molecule has 1 N–H and O–H groups in total. The van der Waals surface area contributed by atoms with Gasteiger partial charge < -0.3 is 14.8 Å². The summed E-state index contributed by atoms with van der Waals surface area (Å²) in [4.78, 5) is 23.0. The van der Waals surface area contributed by atoms with Crippen LogP contribution in [0.2, 0.25) is 10.0 Å². The Morgan fingerprint density at radius 1 is 1.12 bits per heavy atom. The minimum atomic E-state index is -0.774. The monoisotopic (exact) mass is 497 g/mol. The highest BCUT2D eigenvalue weighted by Crippen LogP contribution is 2.30. The molecule has 8 nitrogen and oxygen atoms in total. The largest absolute Gasteiger partial charge is 0.493 e. The molecule has 0 heterocycles. The first-order chi connectivity index (χ1) is 16.3. The van der Waals surface area contributed by atoms with Crippen LogP contribution >= 0.6 is 23.2 Å². The van der Waals surface area contributed by atoms with Gasteiger partial charge in [-0.1, -0.05) is 41.4 Å². The molecular weight excluding hydrogens is 481 g/mol. The van der Waals surface area contributed by atoms with E-state index in [1.54, 1.807) is 30.3 Å². The number of rotatable bonds is 8. The third kappa shape index (κ3) is 6.25. The maximum atomic E-state index is 12.6. The lowest BCUT2D eigenvalue weighted by atomic mass is 10.1. The molecule has 0 radical (unpaired) electrons. The minimum Gasteiger partial charge on any atom is -0.493 e. The van der Waals surface area contributed by atoms with Gasteiger partial charge in [-0.25, -0.2) is 0 Å². The topological polar surface area (TPSA) is 114 Å². The van der Waals surface area contributed by atoms with E-state index < -0.39 is 10.8 Å². The zero-order valence-corrected chi connectivity index (χ0v) is 19.3. The SMILES string of the molecule is COc1ccc(/C=C(\C#N)C(=O)Nc2cc([N+](=O)[O-])ccc2Cl)cc1OCc1ccc(Cl)cc1. The number of hydrogen-bond acceptors (Lipinski definition) is 6. The number of ether oxygens (including phenoxy) is 2. The third-order valence-electron chi connectivity index (χ3n) is 4.58. The van der Waals surface area contributed by atoms with E-state index in [1.807, 2.05) is 18.2 Å². The summed E-state index contributed by atoms with van der Waals surface area (Å²) in [5.41, 5.74) is 0.919. The summed E-state index contributed by atoms with van der Waals surface area (Å²) in [5.74, 6) is 0.104. The summed E-state index contributed by atoms with van der Waals surface area (Å²) in [6.45, 7) is 0.248. The molecule has 0 saturated heterocycles. The molecule has 10 heteroatoms. The molecule has 1 amide bonds. The smallest absolute Gasteiger partial charge is 0.271 e. The molecule has 0 atom stereocenters. The number of nitrogens with one attached hydrogen (secondary N) is 1. The molecule has 0 aliphatic rings. The van der Waals surface area contributed by atoms with Crippen LogP contribution in [0.25, 0.3) is 6.08 Å². The van der Waals surface area contributed by atoms with Crippen LogP contribution in [-0.2, 0) is 11.4 Å². The highest BCUT2D eigenvalue weighted by Gasteiger charge is 2.15. The van der Waals surface area contributed by atoms with E-state index in [2.05, 4.69) is 5.32 Å². The van der Waals surface area contributed by atoms with Gasteiger partial charge in [-0.05, 0) is 47.5 Å². The minimum absolute atomic E-state index is 0.0173. The van der Waals surface area contributed by atoms with Crippen LogP contribution in [0.3, 0.4) is 0 Å². The van der Waals surface area contributed by atoms with Gasteiger partial charge in [0.1, 0.15) is 18.2 Å². The number of hydrogen-bond donors (Lipinski definition) is 1. The highest BCUT2D eigenvalue weighted by molar-refractivity contribution is 6.34. The predicted octanol–water partition coefficient (Wildman–Crippen LogP) is 6.03. The van der Waals surface area contributed by atoms with Gasteiger partial charge >= 0.3 is 0 Å². The van der Waals surface area contributed by atoms with E-state index in [-0.39, 0.29) is 28.6 Å². The fourth-order valence-electron chi connectivity index (χ4n) is 2.87. The Balaban J connectivity index is 1.82. The van der Waals surface area contributed by atoms with Gasteiger partial charge in [-0.3, -0.25) is 14.9 Å². The number of nitriles is 1. The molecule has 0 spiro atoms. The first kappa shape index (κ1) is 24.6. The lowest BCUT2D eigenvalue weighted by Gasteiger charge is -2.12. The Labute approximate surface area is 205 Å². The number of benzene rings is 3. The number of methoxy groups -OCH3 is 1. The van der Waals surface area contributed by atoms with Crippen molar-refractivity contribution in [2.24, 2.45) is 0 Å². The third-order valence-corrected chi connectivity index (χ3v) is 5.16. The van der Waals surface area contributed by atoms with Gasteiger partial charge in [0, 0.05) is 17.2 Å². The summed E-state index contributed by atoms with van der Waals surface area (Å²) >= 11 is 11.9. The van der Waals surface area contributed by atoms with E-state index in [0.717, 1.165) is 11.6 Å². The molecule has 0 aliphatic carbocycles. The van der Waals surface area contributed by atoms with Crippen LogP contribution in [-0.4, -0.2) is 17.9 Å². The van der Waals surface area contributed by atoms with Gasteiger partial charge in [-0.2, -0.15) is 5.26 Å². The van der Waals surface area contributed by atoms with E-state index in [4.69, 9.17) is 32.7 Å². The summed E-state index contributed by atoms with van der Waals surface area (Å²) in [7, 11) is 1.50. The van der Waals surface area contributed by atoms with Gasteiger partial charge in [-0.15, -0.1) is 0 Å². The molecule has 0 bridgehead atoms. The summed E-state index contributed by atoms with van der Waals surface area (Å²) in [6, 6.07) is 17.5. The second kappa shape index (κ2) is 11.2. The molecule has 0 aliphatic heterocycles. The second-order valence-electron chi connectivity index (χ2n) is 6.87. The normalized spacial score (nSPS) is 10.8. The zero-order valence-electron chi connectivity index (χ0n) is 17.7. The van der Waals surface area contributed by atoms with Crippen molar-refractivity contribution in [3.8, 4) is 17.6 Å². The number of halogens is 2. The van der Waals surface area contributed by atoms with Crippen molar-refractivity contribution < 1.29 is 19.2 Å². The Morgan fingerprint density at radius 3 is 2.50 bits per heavy atom. The molecule has 3 aromatic rings. The number of amides is 1. The number of carbonyl (C=O) groups excluding carboxylic acids is 1. The second-order valence-corrected chi connectivity index (χ2v) is 7.71. The van der Waals surface area contributed by atoms with Crippen molar-refractivity contribution in [1.82, 2.24) is 0 Å². The van der Waals surface area contributed by atoms with Gasteiger partial charge in [0.2, 0.25) is 0 Å². The summed E-state index contributed by atoms with van der Waals surface area (Å²) in [6.07, 6.45) is 1.36. The average molecular weight is 498 g/mol. The van der Waals surface area contributed by atoms with E-state index >= 15 is 0 Å². The molecule has 172 valence electrons. The summed E-state index contributed by atoms with van der Waals surface area (Å²) < 4.78 is 11.2. The Hall–Kier alpha value is -4.06. The lowest BCUT2D eigenvalue weighted by Crippen LogP contribution is -2.14. The molecule has 3 aromatic carbocycles. The first-order valence-corrected chi connectivity index (χ1v) is 10.5. The van der Waals surface area contributed by atoms with Gasteiger partial charge in [0.05, 0.1) is 22.7 Å². The standard InChI is InChI=1S/C24H17Cl2N3O5/c1-33-22-9-4-16(11-23(22)34-14-15-2-5-18(25)6-3-15)10-17(13-27)24(30)28-21-12-19(29(31)32)7-8-20(21)26/h2-12H,14H2,1H3,(H,28,30)/b17-10+. The number of carbonyl (C=O) groups is 1. The van der Waals surface area contributed by atoms with Crippen LogP contribution in [0.4, 0.5) is 11.4 Å². The maximum absolute atomic E-state index is 12.6. The summed E-state index contributed by atoms with van der Waals surface area (Å²) in [5, 5.41) is 23.6. The van der Waals surface area contributed by atoms with Crippen molar-refractivity contribution in [3.63, 3.8) is 0 Å². The van der Waals surface area contributed by atoms with Crippen molar-refractivity contribution >= 4 is 46.6 Å². The Bertz CT molecular complexity index is 1300. The van der Waals surface area contributed by atoms with Gasteiger partial charge in [0.15, 0.2) is 11.5 Å². The number of non-ortho nitro benzene ring substituents is 1. The maximum Gasteiger partial charge on any atom is 0.271 e. The Morgan fingerprint density at radius 2 is 1.85 bits per heavy atom. The first-order valence-electron chi connectivity index (χ1n) is 9.73. The number of nitrogens with zero attached hydrogens (tertiary/aromatic N) is 2. The molecule has 34 heavy (non-hydrogen) atoms. The van der Waals surface area contributed by atoms with E-state index in [1.165, 1.54) is 25.3 Å². The molecule has 0 unspecified atom stereocenters. The molecule has 0 saturated carbocycles. The van der Waals surface area contributed by atoms with Crippen LogP contribution in [0.1, 0.15) is 11.1 Å². The highest BCUT2D eigenvalue weighted by atomic mass is 35.5. The molecule has 3 rings (SSSR count). The molecular formula is C24H17Cl2N3O5. The van der Waals surface area contributed by atoms with Crippen molar-refractivity contribution in [1.29, 1.82) is 5.26 Å². The number of nitro benzene ring substituents is 1. The van der Waals surface area contributed by atoms with Crippen LogP contribution in [0.5, 0.6) is 11.5 Å². The van der Waals surface area contributed by atoms with Crippen molar-refractivity contribution in [3.05, 3.63) is 97.5 Å².